The first-order chi connectivity index (χ1) is 17.8. The maximum atomic E-state index is 13.1. The van der Waals surface area contributed by atoms with Crippen LogP contribution in [0.5, 0.6) is 5.75 Å². The van der Waals surface area contributed by atoms with Crippen molar-refractivity contribution in [3.8, 4) is 28.7 Å². The molecule has 1 atom stereocenters. The highest BCUT2D eigenvalue weighted by atomic mass is 16.5. The SMILES string of the molecule is COc1ccc2c(c1)C(=O)N(C[C@@]1(C#Cc3cncc(-c4ccc(C(N)=O)cc4)c3)NC(=O)NC1=O)C2. The van der Waals surface area contributed by atoms with Gasteiger partial charge in [-0.05, 0) is 41.5 Å². The number of imide groups is 1. The van der Waals surface area contributed by atoms with E-state index in [-0.39, 0.29) is 19.0 Å². The van der Waals surface area contributed by atoms with Gasteiger partial charge in [-0.3, -0.25) is 24.7 Å². The summed E-state index contributed by atoms with van der Waals surface area (Å²) in [7, 11) is 1.52. The summed E-state index contributed by atoms with van der Waals surface area (Å²) in [6.45, 7) is 0.123. The molecule has 5 amide bonds. The minimum Gasteiger partial charge on any atom is -0.497 e. The molecule has 0 spiro atoms. The molecule has 2 aromatic carbocycles. The second kappa shape index (κ2) is 9.13. The molecule has 0 saturated carbocycles. The Labute approximate surface area is 211 Å². The maximum Gasteiger partial charge on any atom is 0.323 e. The molecule has 5 rings (SSSR count). The summed E-state index contributed by atoms with van der Waals surface area (Å²) in [5.41, 5.74) is 7.33. The zero-order chi connectivity index (χ0) is 26.2. The zero-order valence-corrected chi connectivity index (χ0v) is 19.7. The molecule has 184 valence electrons. The van der Waals surface area contributed by atoms with Crippen molar-refractivity contribution in [3.63, 3.8) is 0 Å². The Balaban J connectivity index is 1.43. The third-order valence-electron chi connectivity index (χ3n) is 6.23. The number of nitrogens with zero attached hydrogens (tertiary/aromatic N) is 2. The maximum absolute atomic E-state index is 13.1. The molecule has 37 heavy (non-hydrogen) atoms. The van der Waals surface area contributed by atoms with E-state index in [2.05, 4.69) is 27.5 Å². The van der Waals surface area contributed by atoms with Crippen LogP contribution in [0.3, 0.4) is 0 Å². The standard InChI is InChI=1S/C27H21N5O5/c1-37-21-7-6-19-14-32(24(34)22(19)11-21)15-27(25(35)30-26(36)31-27)9-8-16-10-20(13-29-12-16)17-2-4-18(5-3-17)23(28)33/h2-7,10-13H,14-15H2,1H3,(H2,28,33)(H2,30,31,35,36)/t27-/m1/s1. The lowest BCUT2D eigenvalue weighted by atomic mass is 9.98. The quantitative estimate of drug-likeness (QED) is 0.361. The van der Waals surface area contributed by atoms with E-state index < -0.39 is 23.4 Å². The third kappa shape index (κ3) is 4.46. The highest BCUT2D eigenvalue weighted by Crippen LogP contribution is 2.28. The van der Waals surface area contributed by atoms with E-state index in [1.54, 1.807) is 54.7 Å². The molecule has 0 aliphatic carbocycles. The van der Waals surface area contributed by atoms with Gasteiger partial charge in [0.2, 0.25) is 11.4 Å². The molecule has 2 aliphatic rings. The number of ether oxygens (including phenoxy) is 1. The average Bonchev–Trinajstić information content (AvgIpc) is 3.36. The molecular formula is C27H21N5O5. The second-order valence-electron chi connectivity index (χ2n) is 8.65. The molecule has 0 radical (unpaired) electrons. The Bertz CT molecular complexity index is 1520. The van der Waals surface area contributed by atoms with E-state index in [0.29, 0.717) is 22.4 Å². The van der Waals surface area contributed by atoms with Crippen LogP contribution in [0.4, 0.5) is 4.79 Å². The number of hydrogen-bond acceptors (Lipinski definition) is 6. The first-order valence-electron chi connectivity index (χ1n) is 11.3. The number of aromatic nitrogens is 1. The largest absolute Gasteiger partial charge is 0.497 e. The first-order valence-corrected chi connectivity index (χ1v) is 11.3. The van der Waals surface area contributed by atoms with Crippen LogP contribution in [0.1, 0.15) is 31.8 Å². The lowest BCUT2D eigenvalue weighted by Crippen LogP contribution is -2.54. The highest BCUT2D eigenvalue weighted by Gasteiger charge is 2.48. The normalized spacial score (nSPS) is 18.0. The molecule has 0 bridgehead atoms. The number of rotatable bonds is 5. The van der Waals surface area contributed by atoms with Crippen molar-refractivity contribution in [1.29, 1.82) is 0 Å². The molecule has 10 nitrogen and oxygen atoms in total. The molecule has 2 aliphatic heterocycles. The number of nitrogens with one attached hydrogen (secondary N) is 2. The predicted molar refractivity (Wildman–Crippen MR) is 132 cm³/mol. The van der Waals surface area contributed by atoms with Crippen molar-refractivity contribution in [2.75, 3.05) is 13.7 Å². The highest BCUT2D eigenvalue weighted by molar-refractivity contribution is 6.10. The number of fused-ring (bicyclic) bond motifs is 1. The third-order valence-corrected chi connectivity index (χ3v) is 6.23. The summed E-state index contributed by atoms with van der Waals surface area (Å²) in [6.07, 6.45) is 3.17. The minimum absolute atomic E-state index is 0.144. The Kier molecular flexibility index (Phi) is 5.81. The number of hydrogen-bond donors (Lipinski definition) is 3. The molecular weight excluding hydrogens is 474 g/mol. The van der Waals surface area contributed by atoms with Gasteiger partial charge >= 0.3 is 6.03 Å². The van der Waals surface area contributed by atoms with E-state index in [9.17, 15) is 19.2 Å². The van der Waals surface area contributed by atoms with Crippen LogP contribution in [-0.4, -0.2) is 52.8 Å². The fraction of sp³-hybridized carbons (Fsp3) is 0.148. The van der Waals surface area contributed by atoms with Crippen LogP contribution in [0, 0.1) is 11.8 Å². The lowest BCUT2D eigenvalue weighted by molar-refractivity contribution is -0.122. The van der Waals surface area contributed by atoms with Crippen LogP contribution < -0.4 is 21.1 Å². The van der Waals surface area contributed by atoms with E-state index >= 15 is 0 Å². The Morgan fingerprint density at radius 1 is 1.11 bits per heavy atom. The van der Waals surface area contributed by atoms with Gasteiger partial charge in [0.15, 0.2) is 0 Å². The Morgan fingerprint density at radius 2 is 1.89 bits per heavy atom. The minimum atomic E-state index is -1.64. The van der Waals surface area contributed by atoms with Crippen LogP contribution >= 0.6 is 0 Å². The van der Waals surface area contributed by atoms with E-state index in [0.717, 1.165) is 16.7 Å². The number of amides is 5. The summed E-state index contributed by atoms with van der Waals surface area (Å²) >= 11 is 0. The topological polar surface area (TPSA) is 144 Å². The lowest BCUT2D eigenvalue weighted by Gasteiger charge is -2.26. The number of carbonyl (C=O) groups is 4. The van der Waals surface area contributed by atoms with Gasteiger partial charge in [0.05, 0.1) is 13.7 Å². The molecule has 3 heterocycles. The zero-order valence-electron chi connectivity index (χ0n) is 19.7. The molecule has 0 unspecified atom stereocenters. The molecule has 10 heteroatoms. The molecule has 1 fully saturated rings. The average molecular weight is 495 g/mol. The van der Waals surface area contributed by atoms with Gasteiger partial charge in [0, 0.05) is 41.2 Å². The van der Waals surface area contributed by atoms with Gasteiger partial charge in [-0.15, -0.1) is 0 Å². The predicted octanol–water partition coefficient (Wildman–Crippen LogP) is 1.44. The second-order valence-corrected chi connectivity index (χ2v) is 8.65. The summed E-state index contributed by atoms with van der Waals surface area (Å²) in [5, 5.41) is 4.81. The number of urea groups is 1. The Hall–Kier alpha value is -5.17. The van der Waals surface area contributed by atoms with Gasteiger partial charge < -0.3 is 20.7 Å². The van der Waals surface area contributed by atoms with Gasteiger partial charge in [-0.1, -0.05) is 30.0 Å². The number of benzene rings is 2. The molecule has 1 aromatic heterocycles. The van der Waals surface area contributed by atoms with Crippen molar-refractivity contribution in [2.24, 2.45) is 5.73 Å². The summed E-state index contributed by atoms with van der Waals surface area (Å²) < 4.78 is 5.21. The number of primary amides is 1. The first kappa shape index (κ1) is 23.6. The van der Waals surface area contributed by atoms with Gasteiger partial charge in [-0.25, -0.2) is 4.79 Å². The summed E-state index contributed by atoms with van der Waals surface area (Å²) in [4.78, 5) is 55.0. The fourth-order valence-electron chi connectivity index (χ4n) is 4.28. The van der Waals surface area contributed by atoms with Gasteiger partial charge in [-0.2, -0.15) is 0 Å². The van der Waals surface area contributed by atoms with Crippen LogP contribution in [0.15, 0.2) is 60.9 Å². The van der Waals surface area contributed by atoms with Crippen LogP contribution in [0.25, 0.3) is 11.1 Å². The number of pyridine rings is 1. The number of methoxy groups -OCH3 is 1. The molecule has 1 saturated heterocycles. The molecule has 3 aromatic rings. The van der Waals surface area contributed by atoms with E-state index in [4.69, 9.17) is 10.5 Å². The monoisotopic (exact) mass is 495 g/mol. The van der Waals surface area contributed by atoms with Crippen molar-refractivity contribution in [3.05, 3.63) is 83.2 Å². The molecule has 4 N–H and O–H groups in total. The van der Waals surface area contributed by atoms with Crippen LogP contribution in [0.2, 0.25) is 0 Å². The van der Waals surface area contributed by atoms with Crippen molar-refractivity contribution in [2.45, 2.75) is 12.1 Å². The summed E-state index contributed by atoms with van der Waals surface area (Å²) in [5.74, 6) is 4.90. The fourth-order valence-corrected chi connectivity index (χ4v) is 4.28. The van der Waals surface area contributed by atoms with Crippen molar-refractivity contribution < 1.29 is 23.9 Å². The van der Waals surface area contributed by atoms with Gasteiger partial charge in [0.25, 0.3) is 11.8 Å². The number of carbonyl (C=O) groups excluding carboxylic acids is 4. The summed E-state index contributed by atoms with van der Waals surface area (Å²) in [6, 6.07) is 13.0. The van der Waals surface area contributed by atoms with Crippen molar-refractivity contribution in [1.82, 2.24) is 20.5 Å². The smallest absolute Gasteiger partial charge is 0.323 e. The van der Waals surface area contributed by atoms with Gasteiger partial charge in [0.1, 0.15) is 5.75 Å². The van der Waals surface area contributed by atoms with Crippen molar-refractivity contribution >= 4 is 23.8 Å². The van der Waals surface area contributed by atoms with Crippen LogP contribution in [-0.2, 0) is 11.3 Å². The number of nitrogens with two attached hydrogens (primary N) is 1. The van der Waals surface area contributed by atoms with E-state index in [1.165, 1.54) is 18.2 Å². The Morgan fingerprint density at radius 3 is 2.57 bits per heavy atom. The van der Waals surface area contributed by atoms with E-state index in [1.807, 2.05) is 0 Å².